The Morgan fingerprint density at radius 2 is 2.03 bits per heavy atom. The van der Waals surface area contributed by atoms with Crippen LogP contribution in [0.4, 0.5) is 15.3 Å². The van der Waals surface area contributed by atoms with Gasteiger partial charge in [-0.25, -0.2) is 9.59 Å². The zero-order valence-electron chi connectivity index (χ0n) is 16.6. The lowest BCUT2D eigenvalue weighted by Crippen LogP contribution is -2.44. The number of anilines is 1. The second-order valence-electron chi connectivity index (χ2n) is 7.26. The maximum Gasteiger partial charge on any atom is 0.323 e. The van der Waals surface area contributed by atoms with E-state index >= 15 is 0 Å². The second-order valence-corrected chi connectivity index (χ2v) is 9.00. The third kappa shape index (κ3) is 4.64. The topological polar surface area (TPSA) is 115 Å². The van der Waals surface area contributed by atoms with Crippen LogP contribution >= 0.6 is 11.6 Å². The monoisotopic (exact) mass is 459 g/mol. The first-order valence-electron chi connectivity index (χ1n) is 9.82. The number of nitrogens with one attached hydrogen (secondary N) is 2. The summed E-state index contributed by atoms with van der Waals surface area (Å²) in [5, 5.41) is 4.14. The first-order valence-corrected chi connectivity index (χ1v) is 11.3. The predicted molar refractivity (Wildman–Crippen MR) is 122 cm³/mol. The van der Waals surface area contributed by atoms with Crippen molar-refractivity contribution < 1.29 is 14.1 Å². The molecule has 1 aliphatic rings. The van der Waals surface area contributed by atoms with Gasteiger partial charge in [0.25, 0.3) is 0 Å². The molecule has 0 saturated carbocycles. The Kier molecular flexibility index (Phi) is 6.38. The van der Waals surface area contributed by atoms with Crippen molar-refractivity contribution in [3.63, 3.8) is 0 Å². The number of nitrogens with zero attached hydrogens (tertiary/aromatic N) is 2. The van der Waals surface area contributed by atoms with Crippen molar-refractivity contribution in [2.75, 3.05) is 18.4 Å². The third-order valence-corrected chi connectivity index (χ3v) is 6.64. The number of likely N-dealkylation sites (tertiary alicyclic amines) is 1. The molecule has 31 heavy (non-hydrogen) atoms. The lowest BCUT2D eigenvalue weighted by molar-refractivity contribution is 0.207. The summed E-state index contributed by atoms with van der Waals surface area (Å²) < 4.78 is 16.8. The minimum Gasteiger partial charge on any atom is -0.593 e. The van der Waals surface area contributed by atoms with Crippen LogP contribution in [0.25, 0.3) is 10.9 Å². The molecule has 1 aromatic heterocycles. The number of aromatic nitrogens is 1. The van der Waals surface area contributed by atoms with Crippen molar-refractivity contribution in [3.05, 3.63) is 59.8 Å². The zero-order chi connectivity index (χ0) is 22.0. The van der Waals surface area contributed by atoms with Crippen molar-refractivity contribution in [1.29, 1.82) is 0 Å². The van der Waals surface area contributed by atoms with Crippen LogP contribution in [0, 0.1) is 0 Å². The molecule has 1 unspecified atom stereocenters. The van der Waals surface area contributed by atoms with Gasteiger partial charge in [-0.1, -0.05) is 35.9 Å². The van der Waals surface area contributed by atoms with Crippen LogP contribution < -0.4 is 15.8 Å². The molecule has 2 aromatic carbocycles. The number of amides is 3. The summed E-state index contributed by atoms with van der Waals surface area (Å²) >= 11 is 4.54. The Morgan fingerprint density at radius 3 is 2.81 bits per heavy atom. The Balaban J connectivity index is 1.44. The van der Waals surface area contributed by atoms with Crippen LogP contribution in [0.2, 0.25) is 5.02 Å². The van der Waals surface area contributed by atoms with Crippen molar-refractivity contribution in [1.82, 2.24) is 14.2 Å². The van der Waals surface area contributed by atoms with Crippen LogP contribution in [-0.4, -0.2) is 45.2 Å². The van der Waals surface area contributed by atoms with Crippen LogP contribution in [0.15, 0.2) is 59.6 Å². The standard InChI is InChI=1S/C21H22ClN5O3S/c22-14-5-3-7-16(11-14)31(30)24-12-15-6-4-10-26(15)21(29)25-18-13-27(20(23)28)19-9-2-1-8-17(18)19/h1-3,5,7-9,11,13,15,24H,4,6,10,12H2,(H2,23,28)(H,25,29)/t15-,31?/m0/s1. The quantitative estimate of drug-likeness (QED) is 0.506. The first-order chi connectivity index (χ1) is 14.9. The molecule has 0 radical (unpaired) electrons. The number of hydrogen-bond donors (Lipinski definition) is 3. The molecule has 3 amide bonds. The van der Waals surface area contributed by atoms with E-state index in [2.05, 4.69) is 10.0 Å². The van der Waals surface area contributed by atoms with E-state index < -0.39 is 17.4 Å². The molecular weight excluding hydrogens is 438 g/mol. The summed E-state index contributed by atoms with van der Waals surface area (Å²) in [6.07, 6.45) is 3.19. The van der Waals surface area contributed by atoms with Gasteiger partial charge in [0.2, 0.25) is 0 Å². The number of nitrogens with two attached hydrogens (primary N) is 1. The summed E-state index contributed by atoms with van der Waals surface area (Å²) in [7, 11) is 0. The Morgan fingerprint density at radius 1 is 1.23 bits per heavy atom. The number of rotatable bonds is 5. The second kappa shape index (κ2) is 9.19. The van der Waals surface area contributed by atoms with E-state index in [1.807, 2.05) is 12.1 Å². The minimum atomic E-state index is -1.42. The number of carbonyl (C=O) groups is 2. The molecule has 1 saturated heterocycles. The highest BCUT2D eigenvalue weighted by molar-refractivity contribution is 7.89. The van der Waals surface area contributed by atoms with Gasteiger partial charge in [-0.3, -0.25) is 4.57 Å². The fraction of sp³-hybridized carbons (Fsp3) is 0.238. The highest BCUT2D eigenvalue weighted by Gasteiger charge is 2.30. The summed E-state index contributed by atoms with van der Waals surface area (Å²) in [5.74, 6) is 0. The predicted octanol–water partition coefficient (Wildman–Crippen LogP) is 3.53. The molecule has 1 fully saturated rings. The molecule has 2 atom stereocenters. The van der Waals surface area contributed by atoms with Crippen LogP contribution in [0.5, 0.6) is 0 Å². The van der Waals surface area contributed by atoms with Gasteiger partial charge < -0.3 is 20.5 Å². The van der Waals surface area contributed by atoms with E-state index in [4.69, 9.17) is 17.3 Å². The fourth-order valence-electron chi connectivity index (χ4n) is 3.80. The number of halogens is 1. The molecule has 0 spiro atoms. The number of benzene rings is 2. The highest BCUT2D eigenvalue weighted by Crippen LogP contribution is 2.27. The number of fused-ring (bicyclic) bond motifs is 1. The molecule has 1 aliphatic heterocycles. The first kappa shape index (κ1) is 21.5. The molecule has 0 bridgehead atoms. The smallest absolute Gasteiger partial charge is 0.323 e. The van der Waals surface area contributed by atoms with Crippen LogP contribution in [0.3, 0.4) is 0 Å². The number of carbonyl (C=O) groups excluding carboxylic acids is 2. The van der Waals surface area contributed by atoms with Gasteiger partial charge in [-0.2, -0.15) is 0 Å². The molecule has 8 nitrogen and oxygen atoms in total. The minimum absolute atomic E-state index is 0.104. The molecule has 4 rings (SSSR count). The van der Waals surface area contributed by atoms with Gasteiger partial charge in [0.15, 0.2) is 4.90 Å². The molecule has 10 heteroatoms. The summed E-state index contributed by atoms with van der Waals surface area (Å²) in [4.78, 5) is 27.0. The Hall–Kier alpha value is -2.72. The van der Waals surface area contributed by atoms with Crippen molar-refractivity contribution in [2.24, 2.45) is 5.73 Å². The summed E-state index contributed by atoms with van der Waals surface area (Å²) in [5.41, 5.74) is 6.59. The molecule has 3 aromatic rings. The van der Waals surface area contributed by atoms with Crippen molar-refractivity contribution in [2.45, 2.75) is 23.8 Å². The van der Waals surface area contributed by atoms with Gasteiger partial charge in [-0.05, 0) is 31.0 Å². The van der Waals surface area contributed by atoms with E-state index in [1.165, 1.54) is 10.8 Å². The Labute approximate surface area is 187 Å². The van der Waals surface area contributed by atoms with E-state index in [0.717, 1.165) is 18.2 Å². The molecular formula is C21H22ClN5O3S. The normalized spacial score (nSPS) is 17.1. The lowest BCUT2D eigenvalue weighted by Gasteiger charge is -2.25. The lowest BCUT2D eigenvalue weighted by atomic mass is 10.2. The SMILES string of the molecule is NC(=O)n1cc(NC(=O)N2CCC[C@H]2CN[S+]([O-])c2cccc(Cl)c2)c2ccccc21. The van der Waals surface area contributed by atoms with E-state index in [-0.39, 0.29) is 12.1 Å². The van der Waals surface area contributed by atoms with Crippen molar-refractivity contribution >= 4 is 51.6 Å². The van der Waals surface area contributed by atoms with Gasteiger partial charge in [0.1, 0.15) is 0 Å². The Bertz CT molecular complexity index is 1120. The van der Waals surface area contributed by atoms with Gasteiger partial charge in [0, 0.05) is 29.2 Å². The average Bonchev–Trinajstić information content (AvgIpc) is 3.37. The van der Waals surface area contributed by atoms with Crippen LogP contribution in [-0.2, 0) is 11.4 Å². The largest absolute Gasteiger partial charge is 0.593 e. The molecule has 0 aliphatic carbocycles. The molecule has 4 N–H and O–H groups in total. The average molecular weight is 460 g/mol. The van der Waals surface area contributed by atoms with Crippen molar-refractivity contribution in [3.8, 4) is 0 Å². The van der Waals surface area contributed by atoms with E-state index in [0.29, 0.717) is 34.2 Å². The number of para-hydroxylation sites is 1. The fourth-order valence-corrected chi connectivity index (χ4v) is 5.00. The molecule has 2 heterocycles. The molecule has 162 valence electrons. The van der Waals surface area contributed by atoms with Gasteiger partial charge in [-0.15, -0.1) is 4.72 Å². The van der Waals surface area contributed by atoms with Gasteiger partial charge >= 0.3 is 12.1 Å². The maximum atomic E-state index is 13.0. The van der Waals surface area contributed by atoms with E-state index in [9.17, 15) is 14.1 Å². The van der Waals surface area contributed by atoms with E-state index in [1.54, 1.807) is 41.3 Å². The number of primary amides is 1. The zero-order valence-corrected chi connectivity index (χ0v) is 18.2. The summed E-state index contributed by atoms with van der Waals surface area (Å²) in [6, 6.07) is 13.1. The maximum absolute atomic E-state index is 13.0. The number of hydrogen-bond acceptors (Lipinski definition) is 4. The van der Waals surface area contributed by atoms with Gasteiger partial charge in [0.05, 0.1) is 35.2 Å². The number of urea groups is 1. The van der Waals surface area contributed by atoms with Crippen LogP contribution in [0.1, 0.15) is 12.8 Å². The highest BCUT2D eigenvalue weighted by atomic mass is 35.5. The third-order valence-electron chi connectivity index (χ3n) is 5.29. The summed E-state index contributed by atoms with van der Waals surface area (Å²) in [6.45, 7) is 0.978.